The first kappa shape index (κ1) is 15.5. The fourth-order valence-corrected chi connectivity index (χ4v) is 3.68. The van der Waals surface area contributed by atoms with E-state index in [1.54, 1.807) is 0 Å². The van der Waals surface area contributed by atoms with Crippen LogP contribution in [0.4, 0.5) is 0 Å². The molecule has 0 saturated carbocycles. The lowest BCUT2D eigenvalue weighted by molar-refractivity contribution is -0.142. The Kier molecular flexibility index (Phi) is 4.79. The van der Waals surface area contributed by atoms with Crippen molar-refractivity contribution in [3.63, 3.8) is 0 Å². The summed E-state index contributed by atoms with van der Waals surface area (Å²) >= 11 is 0. The Morgan fingerprint density at radius 3 is 2.27 bits per heavy atom. The minimum absolute atomic E-state index is 0.168. The summed E-state index contributed by atoms with van der Waals surface area (Å²) in [4.78, 5) is 17.4. The standard InChI is InChI=1S/C18H26N2O2/c1-14-12-20(13-15(2)22-14)17(16-8-4-3-5-9-16)18(21)19-10-6-7-11-19/h3-5,8-9,14-15,17H,6-7,10-13H2,1-2H3/t14-,15+,17-/m1/s1. The van der Waals surface area contributed by atoms with Crippen LogP contribution < -0.4 is 0 Å². The van der Waals surface area contributed by atoms with Gasteiger partial charge in [0.1, 0.15) is 6.04 Å². The van der Waals surface area contributed by atoms with Gasteiger partial charge in [-0.05, 0) is 32.3 Å². The molecule has 1 aromatic rings. The van der Waals surface area contributed by atoms with Gasteiger partial charge in [0.15, 0.2) is 0 Å². The molecule has 4 heteroatoms. The molecule has 0 radical (unpaired) electrons. The lowest BCUT2D eigenvalue weighted by Gasteiger charge is -2.40. The van der Waals surface area contributed by atoms with Gasteiger partial charge in [-0.1, -0.05) is 30.3 Å². The number of carbonyl (C=O) groups excluding carboxylic acids is 1. The minimum Gasteiger partial charge on any atom is -0.373 e. The first-order valence-corrected chi connectivity index (χ1v) is 8.38. The smallest absolute Gasteiger partial charge is 0.244 e. The Bertz CT molecular complexity index is 489. The predicted octanol–water partition coefficient (Wildman–Crippen LogP) is 2.46. The maximum Gasteiger partial charge on any atom is 0.244 e. The molecule has 0 spiro atoms. The van der Waals surface area contributed by atoms with Crippen LogP contribution in [0.3, 0.4) is 0 Å². The third kappa shape index (κ3) is 3.33. The zero-order valence-electron chi connectivity index (χ0n) is 13.6. The number of rotatable bonds is 3. The van der Waals surface area contributed by atoms with Gasteiger partial charge in [0.2, 0.25) is 5.91 Å². The molecule has 2 aliphatic heterocycles. The molecule has 2 fully saturated rings. The number of benzene rings is 1. The zero-order valence-corrected chi connectivity index (χ0v) is 13.6. The summed E-state index contributed by atoms with van der Waals surface area (Å²) in [5, 5.41) is 0. The van der Waals surface area contributed by atoms with Crippen LogP contribution in [0, 0.1) is 0 Å². The van der Waals surface area contributed by atoms with Crippen LogP contribution in [0.2, 0.25) is 0 Å². The number of morpholine rings is 1. The molecule has 4 nitrogen and oxygen atoms in total. The van der Waals surface area contributed by atoms with Crippen molar-refractivity contribution in [2.45, 2.75) is 44.9 Å². The molecule has 1 aromatic carbocycles. The zero-order chi connectivity index (χ0) is 15.5. The monoisotopic (exact) mass is 302 g/mol. The molecule has 0 aromatic heterocycles. The first-order chi connectivity index (χ1) is 10.6. The van der Waals surface area contributed by atoms with Crippen LogP contribution in [0.15, 0.2) is 30.3 Å². The van der Waals surface area contributed by atoms with Crippen LogP contribution >= 0.6 is 0 Å². The molecule has 3 atom stereocenters. The lowest BCUT2D eigenvalue weighted by atomic mass is 10.0. The number of ether oxygens (including phenoxy) is 1. The first-order valence-electron chi connectivity index (χ1n) is 8.38. The largest absolute Gasteiger partial charge is 0.373 e. The van der Waals surface area contributed by atoms with E-state index in [1.807, 2.05) is 23.1 Å². The molecule has 22 heavy (non-hydrogen) atoms. The molecule has 0 bridgehead atoms. The van der Waals surface area contributed by atoms with E-state index >= 15 is 0 Å². The third-order valence-corrected chi connectivity index (χ3v) is 4.58. The van der Waals surface area contributed by atoms with E-state index in [0.29, 0.717) is 0 Å². The van der Waals surface area contributed by atoms with Crippen molar-refractivity contribution in [2.75, 3.05) is 26.2 Å². The van der Waals surface area contributed by atoms with Crippen LogP contribution in [0.25, 0.3) is 0 Å². The van der Waals surface area contributed by atoms with Crippen molar-refractivity contribution in [3.8, 4) is 0 Å². The molecule has 1 amide bonds. The van der Waals surface area contributed by atoms with Crippen molar-refractivity contribution in [1.29, 1.82) is 0 Å². The number of amides is 1. The number of nitrogens with zero attached hydrogens (tertiary/aromatic N) is 2. The van der Waals surface area contributed by atoms with Gasteiger partial charge in [-0.15, -0.1) is 0 Å². The van der Waals surface area contributed by atoms with E-state index in [4.69, 9.17) is 4.74 Å². The fourth-order valence-electron chi connectivity index (χ4n) is 3.68. The highest BCUT2D eigenvalue weighted by Crippen LogP contribution is 2.28. The van der Waals surface area contributed by atoms with Gasteiger partial charge in [-0.2, -0.15) is 0 Å². The Hall–Kier alpha value is -1.39. The fraction of sp³-hybridized carbons (Fsp3) is 0.611. The Morgan fingerprint density at radius 2 is 1.68 bits per heavy atom. The summed E-state index contributed by atoms with van der Waals surface area (Å²) in [5.74, 6) is 0.255. The van der Waals surface area contributed by atoms with Crippen molar-refractivity contribution >= 4 is 5.91 Å². The molecule has 2 saturated heterocycles. The van der Waals surface area contributed by atoms with Crippen molar-refractivity contribution < 1.29 is 9.53 Å². The van der Waals surface area contributed by atoms with Gasteiger partial charge in [-0.3, -0.25) is 9.69 Å². The summed E-state index contributed by atoms with van der Waals surface area (Å²) in [6, 6.07) is 10.0. The van der Waals surface area contributed by atoms with E-state index in [9.17, 15) is 4.79 Å². The minimum atomic E-state index is -0.173. The molecule has 3 rings (SSSR count). The second-order valence-electron chi connectivity index (χ2n) is 6.56. The van der Waals surface area contributed by atoms with Gasteiger partial charge in [0, 0.05) is 26.2 Å². The third-order valence-electron chi connectivity index (χ3n) is 4.58. The molecule has 0 aliphatic carbocycles. The van der Waals surface area contributed by atoms with Gasteiger partial charge >= 0.3 is 0 Å². The summed E-state index contributed by atoms with van der Waals surface area (Å²) < 4.78 is 5.84. The predicted molar refractivity (Wildman–Crippen MR) is 86.6 cm³/mol. The second-order valence-corrected chi connectivity index (χ2v) is 6.56. The van der Waals surface area contributed by atoms with E-state index in [-0.39, 0.29) is 24.2 Å². The van der Waals surface area contributed by atoms with Crippen LogP contribution in [-0.4, -0.2) is 54.1 Å². The van der Waals surface area contributed by atoms with Crippen molar-refractivity contribution in [3.05, 3.63) is 35.9 Å². The summed E-state index contributed by atoms with van der Waals surface area (Å²) in [6.45, 7) is 7.60. The number of carbonyl (C=O) groups is 1. The quantitative estimate of drug-likeness (QED) is 0.860. The lowest BCUT2D eigenvalue weighted by Crippen LogP contribution is -2.51. The highest BCUT2D eigenvalue weighted by molar-refractivity contribution is 5.83. The van der Waals surface area contributed by atoms with Crippen molar-refractivity contribution in [1.82, 2.24) is 9.80 Å². The molecular weight excluding hydrogens is 276 g/mol. The SMILES string of the molecule is C[C@@H]1CN([C@@H](C(=O)N2CCCC2)c2ccccc2)C[C@H](C)O1. The molecule has 120 valence electrons. The Balaban J connectivity index is 1.87. The van der Waals surface area contributed by atoms with E-state index < -0.39 is 0 Å². The van der Waals surface area contributed by atoms with Crippen LogP contribution in [0.1, 0.15) is 38.3 Å². The average molecular weight is 302 g/mol. The maximum atomic E-state index is 13.1. The van der Waals surface area contributed by atoms with Crippen LogP contribution in [0.5, 0.6) is 0 Å². The second kappa shape index (κ2) is 6.80. The van der Waals surface area contributed by atoms with Gasteiger partial charge < -0.3 is 9.64 Å². The number of hydrogen-bond donors (Lipinski definition) is 0. The molecule has 2 heterocycles. The number of likely N-dealkylation sites (tertiary alicyclic amines) is 1. The summed E-state index contributed by atoms with van der Waals surface area (Å²) in [5.41, 5.74) is 1.10. The highest BCUT2D eigenvalue weighted by atomic mass is 16.5. The molecule has 0 N–H and O–H groups in total. The average Bonchev–Trinajstić information content (AvgIpc) is 3.02. The van der Waals surface area contributed by atoms with Gasteiger partial charge in [0.25, 0.3) is 0 Å². The summed E-state index contributed by atoms with van der Waals surface area (Å²) in [7, 11) is 0. The van der Waals surface area contributed by atoms with Crippen molar-refractivity contribution in [2.24, 2.45) is 0 Å². The molecule has 2 aliphatic rings. The van der Waals surface area contributed by atoms with Gasteiger partial charge in [-0.25, -0.2) is 0 Å². The van der Waals surface area contributed by atoms with E-state index in [1.165, 1.54) is 0 Å². The van der Waals surface area contributed by atoms with Gasteiger partial charge in [0.05, 0.1) is 12.2 Å². The Labute approximate surface area is 133 Å². The molecular formula is C18H26N2O2. The van der Waals surface area contributed by atoms with E-state index in [0.717, 1.165) is 44.6 Å². The maximum absolute atomic E-state index is 13.1. The Morgan fingerprint density at radius 1 is 1.09 bits per heavy atom. The molecule has 0 unspecified atom stereocenters. The normalized spacial score (nSPS) is 27.8. The number of hydrogen-bond acceptors (Lipinski definition) is 3. The van der Waals surface area contributed by atoms with Crippen LogP contribution in [-0.2, 0) is 9.53 Å². The van der Waals surface area contributed by atoms with E-state index in [2.05, 4.69) is 30.9 Å². The summed E-state index contributed by atoms with van der Waals surface area (Å²) in [6.07, 6.45) is 2.59. The highest BCUT2D eigenvalue weighted by Gasteiger charge is 2.36. The topological polar surface area (TPSA) is 32.8 Å².